The van der Waals surface area contributed by atoms with E-state index in [4.69, 9.17) is 0 Å². The molecular formula is C20H21N5OS. The van der Waals surface area contributed by atoms with E-state index in [1.165, 1.54) is 11.3 Å². The molecule has 138 valence electrons. The number of fused-ring (bicyclic) bond motifs is 1. The summed E-state index contributed by atoms with van der Waals surface area (Å²) in [5.41, 5.74) is 4.97. The average molecular weight is 379 g/mol. The minimum absolute atomic E-state index is 0.0677. The van der Waals surface area contributed by atoms with Crippen molar-refractivity contribution in [3.63, 3.8) is 0 Å². The van der Waals surface area contributed by atoms with Gasteiger partial charge >= 0.3 is 0 Å². The first-order valence-corrected chi connectivity index (χ1v) is 9.59. The summed E-state index contributed by atoms with van der Waals surface area (Å²) in [4.78, 5) is 14.4. The predicted molar refractivity (Wildman–Crippen MR) is 108 cm³/mol. The molecule has 0 aliphatic carbocycles. The van der Waals surface area contributed by atoms with E-state index in [0.717, 1.165) is 38.5 Å². The van der Waals surface area contributed by atoms with Gasteiger partial charge in [0.05, 0.1) is 22.0 Å². The lowest BCUT2D eigenvalue weighted by molar-refractivity contribution is 0.0955. The Balaban J connectivity index is 1.55. The zero-order chi connectivity index (χ0) is 19.1. The number of aryl methyl sites for hydroxylation is 3. The van der Waals surface area contributed by atoms with Crippen molar-refractivity contribution in [1.29, 1.82) is 0 Å². The molecule has 3 aromatic heterocycles. The van der Waals surface area contributed by atoms with E-state index < -0.39 is 0 Å². The fraction of sp³-hybridized carbons (Fsp3) is 0.250. The SMILES string of the molecule is Cc1nn(-c2ccccc2)c(C)c1CNC(=O)c1cc2c(C)nn(C)c2s1. The Hall–Kier alpha value is -2.93. The van der Waals surface area contributed by atoms with Crippen LogP contribution in [0.2, 0.25) is 0 Å². The maximum absolute atomic E-state index is 12.7. The minimum Gasteiger partial charge on any atom is -0.347 e. The van der Waals surface area contributed by atoms with Gasteiger partial charge in [-0.05, 0) is 39.0 Å². The van der Waals surface area contributed by atoms with E-state index in [0.29, 0.717) is 11.4 Å². The third-order valence-corrected chi connectivity index (χ3v) is 5.99. The third-order valence-electron chi connectivity index (χ3n) is 4.79. The van der Waals surface area contributed by atoms with Gasteiger partial charge in [0, 0.05) is 30.2 Å². The second-order valence-corrected chi connectivity index (χ2v) is 7.65. The third kappa shape index (κ3) is 3.04. The lowest BCUT2D eigenvalue weighted by Crippen LogP contribution is -2.22. The molecule has 0 aliphatic rings. The topological polar surface area (TPSA) is 64.7 Å². The van der Waals surface area contributed by atoms with Gasteiger partial charge in [-0.2, -0.15) is 10.2 Å². The molecule has 1 N–H and O–H groups in total. The summed E-state index contributed by atoms with van der Waals surface area (Å²) in [7, 11) is 1.90. The number of thiophene rings is 1. The van der Waals surface area contributed by atoms with Crippen LogP contribution in [0.5, 0.6) is 0 Å². The van der Waals surface area contributed by atoms with Crippen molar-refractivity contribution in [2.75, 3.05) is 0 Å². The first-order chi connectivity index (χ1) is 13.0. The van der Waals surface area contributed by atoms with E-state index in [1.54, 1.807) is 0 Å². The van der Waals surface area contributed by atoms with Gasteiger partial charge in [0.25, 0.3) is 5.91 Å². The number of hydrogen-bond donors (Lipinski definition) is 1. The van der Waals surface area contributed by atoms with Crippen LogP contribution in [0.15, 0.2) is 36.4 Å². The number of benzene rings is 1. The van der Waals surface area contributed by atoms with Gasteiger partial charge in [-0.25, -0.2) is 4.68 Å². The second-order valence-electron chi connectivity index (χ2n) is 6.62. The molecule has 1 amide bonds. The van der Waals surface area contributed by atoms with Crippen LogP contribution in [0.3, 0.4) is 0 Å². The smallest absolute Gasteiger partial charge is 0.261 e. The van der Waals surface area contributed by atoms with E-state index >= 15 is 0 Å². The van der Waals surface area contributed by atoms with Crippen LogP contribution in [0.4, 0.5) is 0 Å². The molecule has 0 bridgehead atoms. The van der Waals surface area contributed by atoms with Crippen molar-refractivity contribution >= 4 is 27.5 Å². The number of nitrogens with zero attached hydrogens (tertiary/aromatic N) is 4. The summed E-state index contributed by atoms with van der Waals surface area (Å²) in [6.07, 6.45) is 0. The van der Waals surface area contributed by atoms with Crippen LogP contribution in [-0.2, 0) is 13.6 Å². The fourth-order valence-corrected chi connectivity index (χ4v) is 4.36. The largest absolute Gasteiger partial charge is 0.347 e. The van der Waals surface area contributed by atoms with Gasteiger partial charge in [0.15, 0.2) is 0 Å². The highest BCUT2D eigenvalue weighted by Gasteiger charge is 2.17. The molecule has 0 atom stereocenters. The van der Waals surface area contributed by atoms with Crippen molar-refractivity contribution in [1.82, 2.24) is 24.9 Å². The highest BCUT2D eigenvalue weighted by Crippen LogP contribution is 2.27. The van der Waals surface area contributed by atoms with Crippen LogP contribution >= 0.6 is 11.3 Å². The Morgan fingerprint density at radius 3 is 2.56 bits per heavy atom. The van der Waals surface area contributed by atoms with Gasteiger partial charge in [-0.3, -0.25) is 9.48 Å². The van der Waals surface area contributed by atoms with Gasteiger partial charge < -0.3 is 5.32 Å². The zero-order valence-corrected chi connectivity index (χ0v) is 16.6. The second kappa shape index (κ2) is 6.66. The molecule has 0 aliphatic heterocycles. The van der Waals surface area contributed by atoms with Crippen molar-refractivity contribution in [2.45, 2.75) is 27.3 Å². The standard InChI is InChI=1S/C20H21N5OS/c1-12-16-10-18(27-20(16)24(4)22-12)19(26)21-11-17-13(2)23-25(14(17)3)15-8-6-5-7-9-15/h5-10H,11H2,1-4H3,(H,21,26). The van der Waals surface area contributed by atoms with Gasteiger partial charge in [-0.1, -0.05) is 18.2 Å². The van der Waals surface area contributed by atoms with Crippen LogP contribution < -0.4 is 5.32 Å². The minimum atomic E-state index is -0.0677. The molecule has 4 aromatic rings. The number of carbonyl (C=O) groups excluding carboxylic acids is 1. The summed E-state index contributed by atoms with van der Waals surface area (Å²) in [5, 5.41) is 13.1. The number of rotatable bonds is 4. The van der Waals surface area contributed by atoms with Gasteiger partial charge in [0.1, 0.15) is 4.83 Å². The first kappa shape index (κ1) is 17.5. The molecule has 1 aromatic carbocycles. The Labute approximate surface area is 161 Å². The van der Waals surface area contributed by atoms with E-state index in [1.807, 2.05) is 73.6 Å². The lowest BCUT2D eigenvalue weighted by Gasteiger charge is -2.06. The van der Waals surface area contributed by atoms with E-state index in [9.17, 15) is 4.79 Å². The highest BCUT2D eigenvalue weighted by atomic mass is 32.1. The maximum atomic E-state index is 12.7. The van der Waals surface area contributed by atoms with E-state index in [-0.39, 0.29) is 5.91 Å². The summed E-state index contributed by atoms with van der Waals surface area (Å²) in [6, 6.07) is 11.9. The molecule has 3 heterocycles. The van der Waals surface area contributed by atoms with Crippen LogP contribution in [0.25, 0.3) is 15.9 Å². The Kier molecular flexibility index (Phi) is 4.31. The predicted octanol–water partition coefficient (Wildman–Crippen LogP) is 3.68. The molecule has 0 fully saturated rings. The summed E-state index contributed by atoms with van der Waals surface area (Å²) in [6.45, 7) is 6.42. The quantitative estimate of drug-likeness (QED) is 0.588. The molecule has 0 saturated heterocycles. The van der Waals surface area contributed by atoms with Crippen molar-refractivity contribution in [3.05, 3.63) is 63.9 Å². The number of nitrogens with one attached hydrogen (secondary N) is 1. The molecule has 6 nitrogen and oxygen atoms in total. The van der Waals surface area contributed by atoms with Gasteiger partial charge in [0.2, 0.25) is 0 Å². The van der Waals surface area contributed by atoms with Crippen LogP contribution in [0, 0.1) is 20.8 Å². The monoisotopic (exact) mass is 379 g/mol. The number of amides is 1. The number of hydrogen-bond acceptors (Lipinski definition) is 4. The number of aromatic nitrogens is 4. The highest BCUT2D eigenvalue weighted by molar-refractivity contribution is 7.20. The average Bonchev–Trinajstić information content (AvgIpc) is 3.30. The van der Waals surface area contributed by atoms with Gasteiger partial charge in [-0.15, -0.1) is 11.3 Å². The van der Waals surface area contributed by atoms with Crippen molar-refractivity contribution < 1.29 is 4.79 Å². The summed E-state index contributed by atoms with van der Waals surface area (Å²) >= 11 is 1.47. The van der Waals surface area contributed by atoms with E-state index in [2.05, 4.69) is 15.5 Å². The Morgan fingerprint density at radius 1 is 1.11 bits per heavy atom. The molecule has 0 spiro atoms. The lowest BCUT2D eigenvalue weighted by atomic mass is 10.2. The Bertz CT molecular complexity index is 1100. The molecule has 0 radical (unpaired) electrons. The molecule has 0 unspecified atom stereocenters. The summed E-state index contributed by atoms with van der Waals surface area (Å²) in [5.74, 6) is -0.0677. The molecular weight excluding hydrogens is 358 g/mol. The Morgan fingerprint density at radius 2 is 1.85 bits per heavy atom. The molecule has 4 rings (SSSR count). The van der Waals surface area contributed by atoms with Crippen molar-refractivity contribution in [3.8, 4) is 5.69 Å². The number of para-hydroxylation sites is 1. The maximum Gasteiger partial charge on any atom is 0.261 e. The molecule has 27 heavy (non-hydrogen) atoms. The number of carbonyl (C=O) groups is 1. The van der Waals surface area contributed by atoms with Crippen LogP contribution in [0.1, 0.15) is 32.3 Å². The zero-order valence-electron chi connectivity index (χ0n) is 15.8. The fourth-order valence-electron chi connectivity index (χ4n) is 3.32. The van der Waals surface area contributed by atoms with Crippen molar-refractivity contribution in [2.24, 2.45) is 7.05 Å². The summed E-state index contributed by atoms with van der Waals surface area (Å²) < 4.78 is 3.75. The van der Waals surface area contributed by atoms with Crippen LogP contribution in [-0.4, -0.2) is 25.5 Å². The normalized spacial score (nSPS) is 11.3. The first-order valence-electron chi connectivity index (χ1n) is 8.77. The molecule has 0 saturated carbocycles. The molecule has 7 heteroatoms.